The van der Waals surface area contributed by atoms with Crippen LogP contribution in [0.1, 0.15) is 51.4 Å². The SMILES string of the molecule is Cc1onc(-c2cccc(F)c2)c1C(=O)c1c[nH]c(C(=O)NCCN2CCCCC2)c1. The molecular formula is C23H25FN4O3. The molecule has 3 heterocycles. The molecule has 7 nitrogen and oxygen atoms in total. The largest absolute Gasteiger partial charge is 0.360 e. The van der Waals surface area contributed by atoms with E-state index in [1.807, 2.05) is 0 Å². The first kappa shape index (κ1) is 21.0. The molecule has 1 fully saturated rings. The van der Waals surface area contributed by atoms with E-state index in [1.165, 1.54) is 43.7 Å². The summed E-state index contributed by atoms with van der Waals surface area (Å²) in [5.74, 6) is -0.704. The normalized spacial score (nSPS) is 14.5. The molecule has 0 bridgehead atoms. The van der Waals surface area contributed by atoms with Crippen LogP contribution in [0.25, 0.3) is 11.3 Å². The third kappa shape index (κ3) is 4.74. The third-order valence-corrected chi connectivity index (χ3v) is 5.54. The highest BCUT2D eigenvalue weighted by Crippen LogP contribution is 2.28. The maximum atomic E-state index is 13.6. The summed E-state index contributed by atoms with van der Waals surface area (Å²) < 4.78 is 18.8. The molecule has 1 aromatic carbocycles. The number of hydrogen-bond donors (Lipinski definition) is 2. The Bertz CT molecular complexity index is 1080. The number of carbonyl (C=O) groups excluding carboxylic acids is 2. The zero-order valence-corrected chi connectivity index (χ0v) is 17.4. The van der Waals surface area contributed by atoms with Crippen molar-refractivity contribution in [2.75, 3.05) is 26.2 Å². The second-order valence-corrected chi connectivity index (χ2v) is 7.76. The Hall–Kier alpha value is -3.26. The number of carbonyl (C=O) groups is 2. The second-order valence-electron chi connectivity index (χ2n) is 7.76. The zero-order chi connectivity index (χ0) is 21.8. The number of nitrogens with one attached hydrogen (secondary N) is 2. The van der Waals surface area contributed by atoms with E-state index >= 15 is 0 Å². The molecule has 1 aliphatic heterocycles. The number of amides is 1. The van der Waals surface area contributed by atoms with Crippen LogP contribution in [-0.4, -0.2) is 52.9 Å². The highest BCUT2D eigenvalue weighted by molar-refractivity contribution is 6.13. The van der Waals surface area contributed by atoms with Gasteiger partial charge >= 0.3 is 0 Å². The minimum atomic E-state index is -0.429. The van der Waals surface area contributed by atoms with Gasteiger partial charge in [-0.2, -0.15) is 0 Å². The smallest absolute Gasteiger partial charge is 0.267 e. The van der Waals surface area contributed by atoms with Gasteiger partial charge in [-0.3, -0.25) is 9.59 Å². The first-order valence-corrected chi connectivity index (χ1v) is 10.5. The van der Waals surface area contributed by atoms with Crippen molar-refractivity contribution in [3.63, 3.8) is 0 Å². The van der Waals surface area contributed by atoms with E-state index in [9.17, 15) is 14.0 Å². The molecule has 162 valence electrons. The number of aromatic amines is 1. The fourth-order valence-corrected chi connectivity index (χ4v) is 3.88. The average Bonchev–Trinajstić information content (AvgIpc) is 3.41. The van der Waals surface area contributed by atoms with Gasteiger partial charge < -0.3 is 19.7 Å². The Morgan fingerprint density at radius 1 is 1.23 bits per heavy atom. The maximum Gasteiger partial charge on any atom is 0.267 e. The van der Waals surface area contributed by atoms with E-state index in [2.05, 4.69) is 20.4 Å². The van der Waals surface area contributed by atoms with Crippen LogP contribution in [0, 0.1) is 12.7 Å². The lowest BCUT2D eigenvalue weighted by Gasteiger charge is -2.26. The molecule has 1 amide bonds. The molecule has 0 saturated carbocycles. The molecular weight excluding hydrogens is 399 g/mol. The first-order valence-electron chi connectivity index (χ1n) is 10.5. The van der Waals surface area contributed by atoms with Gasteiger partial charge in [0.2, 0.25) is 0 Å². The average molecular weight is 424 g/mol. The van der Waals surface area contributed by atoms with Crippen molar-refractivity contribution in [2.45, 2.75) is 26.2 Å². The second kappa shape index (κ2) is 9.26. The monoisotopic (exact) mass is 424 g/mol. The van der Waals surface area contributed by atoms with Crippen LogP contribution in [0.4, 0.5) is 4.39 Å². The number of benzene rings is 1. The zero-order valence-electron chi connectivity index (χ0n) is 17.4. The summed E-state index contributed by atoms with van der Waals surface area (Å²) in [4.78, 5) is 30.8. The van der Waals surface area contributed by atoms with Crippen molar-refractivity contribution in [1.82, 2.24) is 20.4 Å². The molecule has 4 rings (SSSR count). The fraction of sp³-hybridized carbons (Fsp3) is 0.348. The number of H-pyrrole nitrogens is 1. The van der Waals surface area contributed by atoms with E-state index in [-0.39, 0.29) is 22.9 Å². The summed E-state index contributed by atoms with van der Waals surface area (Å²) in [7, 11) is 0. The van der Waals surface area contributed by atoms with Gasteiger partial charge in [-0.05, 0) is 51.1 Å². The summed E-state index contributed by atoms with van der Waals surface area (Å²) in [5.41, 5.74) is 1.59. The number of ketones is 1. The molecule has 0 radical (unpaired) electrons. The number of piperidine rings is 1. The van der Waals surface area contributed by atoms with Crippen molar-refractivity contribution < 1.29 is 18.5 Å². The van der Waals surface area contributed by atoms with Crippen molar-refractivity contribution in [1.29, 1.82) is 0 Å². The van der Waals surface area contributed by atoms with E-state index < -0.39 is 5.82 Å². The van der Waals surface area contributed by atoms with Gasteiger partial charge in [0.1, 0.15) is 23.0 Å². The Labute approximate surface area is 179 Å². The minimum Gasteiger partial charge on any atom is -0.360 e. The molecule has 0 unspecified atom stereocenters. The number of nitrogens with zero attached hydrogens (tertiary/aromatic N) is 2. The topological polar surface area (TPSA) is 91.2 Å². The van der Waals surface area contributed by atoms with Gasteiger partial charge in [0.25, 0.3) is 5.91 Å². The van der Waals surface area contributed by atoms with Gasteiger partial charge in [0.05, 0.1) is 5.56 Å². The van der Waals surface area contributed by atoms with Crippen LogP contribution in [-0.2, 0) is 0 Å². The molecule has 8 heteroatoms. The van der Waals surface area contributed by atoms with Crippen LogP contribution in [0.3, 0.4) is 0 Å². The van der Waals surface area contributed by atoms with Gasteiger partial charge in [-0.25, -0.2) is 4.39 Å². The molecule has 1 aliphatic rings. The van der Waals surface area contributed by atoms with E-state index in [0.717, 1.165) is 19.6 Å². The predicted octanol–water partition coefficient (Wildman–Crippen LogP) is 3.56. The maximum absolute atomic E-state index is 13.6. The highest BCUT2D eigenvalue weighted by Gasteiger charge is 2.24. The molecule has 2 aromatic heterocycles. The summed E-state index contributed by atoms with van der Waals surface area (Å²) in [6.07, 6.45) is 5.17. The van der Waals surface area contributed by atoms with Crippen molar-refractivity contribution in [2.24, 2.45) is 0 Å². The van der Waals surface area contributed by atoms with E-state index in [4.69, 9.17) is 4.52 Å². The Kier molecular flexibility index (Phi) is 6.27. The van der Waals surface area contributed by atoms with E-state index in [0.29, 0.717) is 29.1 Å². The summed E-state index contributed by atoms with van der Waals surface area (Å²) in [6.45, 7) is 5.14. The molecule has 0 atom stereocenters. The third-order valence-electron chi connectivity index (χ3n) is 5.54. The van der Waals surface area contributed by atoms with Crippen molar-refractivity contribution >= 4 is 11.7 Å². The first-order chi connectivity index (χ1) is 15.0. The summed E-state index contributed by atoms with van der Waals surface area (Å²) in [5, 5.41) is 6.84. The van der Waals surface area contributed by atoms with Crippen LogP contribution in [0.2, 0.25) is 0 Å². The summed E-state index contributed by atoms with van der Waals surface area (Å²) in [6, 6.07) is 7.34. The molecule has 0 spiro atoms. The van der Waals surface area contributed by atoms with Crippen LogP contribution in [0.5, 0.6) is 0 Å². The lowest BCUT2D eigenvalue weighted by atomic mass is 9.99. The van der Waals surface area contributed by atoms with E-state index in [1.54, 1.807) is 19.1 Å². The lowest BCUT2D eigenvalue weighted by Crippen LogP contribution is -2.37. The van der Waals surface area contributed by atoms with Crippen molar-refractivity contribution in [3.05, 3.63) is 64.9 Å². The van der Waals surface area contributed by atoms with Gasteiger partial charge in [0.15, 0.2) is 5.78 Å². The van der Waals surface area contributed by atoms with Crippen molar-refractivity contribution in [3.8, 4) is 11.3 Å². The Balaban J connectivity index is 1.45. The number of aromatic nitrogens is 2. The molecule has 2 N–H and O–H groups in total. The lowest BCUT2D eigenvalue weighted by molar-refractivity contribution is 0.0942. The molecule has 0 aliphatic carbocycles. The number of halogens is 1. The fourth-order valence-electron chi connectivity index (χ4n) is 3.88. The Morgan fingerprint density at radius 3 is 2.81 bits per heavy atom. The number of aryl methyl sites for hydroxylation is 1. The number of rotatable bonds is 7. The molecule has 3 aromatic rings. The summed E-state index contributed by atoms with van der Waals surface area (Å²) >= 11 is 0. The highest BCUT2D eigenvalue weighted by atomic mass is 19.1. The Morgan fingerprint density at radius 2 is 2.03 bits per heavy atom. The predicted molar refractivity (Wildman–Crippen MR) is 113 cm³/mol. The number of hydrogen-bond acceptors (Lipinski definition) is 5. The van der Waals surface area contributed by atoms with Crippen LogP contribution < -0.4 is 5.32 Å². The van der Waals surface area contributed by atoms with Crippen LogP contribution in [0.15, 0.2) is 41.1 Å². The molecule has 1 saturated heterocycles. The minimum absolute atomic E-state index is 0.252. The number of likely N-dealkylation sites (tertiary alicyclic amines) is 1. The quantitative estimate of drug-likeness (QED) is 0.566. The van der Waals surface area contributed by atoms with Gasteiger partial charge in [-0.15, -0.1) is 0 Å². The molecule has 31 heavy (non-hydrogen) atoms. The standard InChI is InChI=1S/C23H25FN4O3/c1-15-20(21(27-31-15)16-6-5-7-18(24)12-16)22(29)17-13-19(26-14-17)23(30)25-8-11-28-9-3-2-4-10-28/h5-7,12-14,26H,2-4,8-11H2,1H3,(H,25,30). The van der Waals surface area contributed by atoms with Gasteiger partial charge in [0, 0.05) is 30.4 Å². The van der Waals surface area contributed by atoms with Gasteiger partial charge in [-0.1, -0.05) is 23.7 Å². The van der Waals surface area contributed by atoms with Crippen LogP contribution >= 0.6 is 0 Å².